The summed E-state index contributed by atoms with van der Waals surface area (Å²) in [5.41, 5.74) is 12.2. The molecule has 5 rings (SSSR count). The summed E-state index contributed by atoms with van der Waals surface area (Å²) in [7, 11) is 1.73. The van der Waals surface area contributed by atoms with Gasteiger partial charge in [0.15, 0.2) is 11.6 Å². The Morgan fingerprint density at radius 2 is 2.00 bits per heavy atom. The summed E-state index contributed by atoms with van der Waals surface area (Å²) in [6, 6.07) is -0.352. The summed E-state index contributed by atoms with van der Waals surface area (Å²) < 4.78 is 36.4. The molecule has 2 aromatic heterocycles. The van der Waals surface area contributed by atoms with Crippen LogP contribution in [-0.4, -0.2) is 86.5 Å². The molecule has 13 heteroatoms. The van der Waals surface area contributed by atoms with Gasteiger partial charge < -0.3 is 26.0 Å². The van der Waals surface area contributed by atoms with E-state index in [9.17, 15) is 4.39 Å². The van der Waals surface area contributed by atoms with E-state index in [4.69, 9.17) is 16.2 Å². The maximum atomic E-state index is 16.1. The van der Waals surface area contributed by atoms with Crippen LogP contribution in [0.3, 0.4) is 0 Å². The molecule has 0 saturated carbocycles. The molecule has 0 aromatic carbocycles. The van der Waals surface area contributed by atoms with Gasteiger partial charge in [0.05, 0.1) is 11.6 Å². The Morgan fingerprint density at radius 1 is 1.26 bits per heavy atom. The van der Waals surface area contributed by atoms with Crippen LogP contribution in [0.15, 0.2) is 12.4 Å². The van der Waals surface area contributed by atoms with Crippen molar-refractivity contribution >= 4 is 29.2 Å². The number of hydrogen-bond donors (Lipinski definition) is 2. The molecule has 38 heavy (non-hydrogen) atoms. The molecule has 0 bridgehead atoms. The van der Waals surface area contributed by atoms with E-state index in [2.05, 4.69) is 31.8 Å². The maximum Gasteiger partial charge on any atom is 0.320 e. The summed E-state index contributed by atoms with van der Waals surface area (Å²) in [6.45, 7) is 8.62. The molecule has 0 radical (unpaired) electrons. The van der Waals surface area contributed by atoms with Gasteiger partial charge in [0.25, 0.3) is 0 Å². The predicted molar refractivity (Wildman–Crippen MR) is 146 cm³/mol. The standard InChI is InChI=1S/C25H37F2N9OS/c1-15(19-20(29)31-8-7-30-19)34(4)21-18(27)22(35-12-24(3,13-35)38-16(2)28)33-23(32-21)37-14-25-6-5-9-36(25)11-17(26)10-25/h7-8,15-17H,5-6,9-14,28H2,1-4H3,(H2,29,31)/t15?,16?,17-,25+/m1/s1. The van der Waals surface area contributed by atoms with Gasteiger partial charge in [-0.3, -0.25) is 9.88 Å². The van der Waals surface area contributed by atoms with Crippen LogP contribution < -0.4 is 26.0 Å². The summed E-state index contributed by atoms with van der Waals surface area (Å²) in [4.78, 5) is 23.2. The molecule has 0 spiro atoms. The number of nitrogen functional groups attached to an aromatic ring is 1. The smallest absolute Gasteiger partial charge is 0.320 e. The molecule has 3 saturated heterocycles. The second kappa shape index (κ2) is 10.2. The van der Waals surface area contributed by atoms with Crippen LogP contribution in [0.2, 0.25) is 0 Å². The lowest BCUT2D eigenvalue weighted by Gasteiger charge is -2.49. The summed E-state index contributed by atoms with van der Waals surface area (Å²) in [5.74, 6) is -0.0275. The molecule has 2 unspecified atom stereocenters. The topological polar surface area (TPSA) is 123 Å². The third-order valence-electron chi connectivity index (χ3n) is 7.91. The number of anilines is 3. The second-order valence-corrected chi connectivity index (χ2v) is 13.0. The highest BCUT2D eigenvalue weighted by Crippen LogP contribution is 2.43. The van der Waals surface area contributed by atoms with E-state index in [1.165, 1.54) is 6.20 Å². The molecular formula is C25H37F2N9OS. The Hall–Kier alpha value is -2.51. The summed E-state index contributed by atoms with van der Waals surface area (Å²) in [6.07, 6.45) is 4.48. The largest absolute Gasteiger partial charge is 0.461 e. The third-order valence-corrected chi connectivity index (χ3v) is 9.11. The molecule has 0 amide bonds. The first-order valence-electron chi connectivity index (χ1n) is 13.1. The van der Waals surface area contributed by atoms with Gasteiger partial charge in [-0.05, 0) is 40.2 Å². The Bertz CT molecular complexity index is 1170. The van der Waals surface area contributed by atoms with Crippen LogP contribution in [-0.2, 0) is 0 Å². The second-order valence-electron chi connectivity index (χ2n) is 11.1. The van der Waals surface area contributed by atoms with Crippen molar-refractivity contribution in [3.8, 4) is 6.01 Å². The highest BCUT2D eigenvalue weighted by atomic mass is 32.2. The molecular weight excluding hydrogens is 512 g/mol. The summed E-state index contributed by atoms with van der Waals surface area (Å²) in [5, 5.41) is -0.0318. The van der Waals surface area contributed by atoms with Crippen molar-refractivity contribution in [2.75, 3.05) is 55.4 Å². The minimum absolute atomic E-state index is 0.0318. The number of hydrogen-bond acceptors (Lipinski definition) is 11. The van der Waals surface area contributed by atoms with Crippen molar-refractivity contribution in [2.45, 2.75) is 67.9 Å². The van der Waals surface area contributed by atoms with Crippen molar-refractivity contribution in [3.63, 3.8) is 0 Å². The van der Waals surface area contributed by atoms with E-state index in [0.29, 0.717) is 31.7 Å². The third kappa shape index (κ3) is 5.07. The number of halogens is 2. The van der Waals surface area contributed by atoms with Crippen LogP contribution in [0.1, 0.15) is 51.8 Å². The van der Waals surface area contributed by atoms with Gasteiger partial charge >= 0.3 is 6.01 Å². The molecule has 5 heterocycles. The predicted octanol–water partition coefficient (Wildman–Crippen LogP) is 2.76. The number of rotatable bonds is 9. The molecule has 3 aliphatic rings. The number of nitrogens with zero attached hydrogens (tertiary/aromatic N) is 7. The molecule has 0 aliphatic carbocycles. The van der Waals surface area contributed by atoms with Gasteiger partial charge in [-0.15, -0.1) is 11.8 Å². The Kier molecular flexibility index (Phi) is 7.29. The van der Waals surface area contributed by atoms with Gasteiger partial charge in [-0.2, -0.15) is 14.4 Å². The zero-order chi connectivity index (χ0) is 27.2. The van der Waals surface area contributed by atoms with Crippen molar-refractivity contribution < 1.29 is 13.5 Å². The Morgan fingerprint density at radius 3 is 2.71 bits per heavy atom. The quantitative estimate of drug-likeness (QED) is 0.449. The average molecular weight is 550 g/mol. The number of thioether (sulfide) groups is 1. The van der Waals surface area contributed by atoms with E-state index in [1.807, 2.05) is 18.7 Å². The molecule has 2 aromatic rings. The molecule has 3 aliphatic heterocycles. The minimum Gasteiger partial charge on any atom is -0.461 e. The number of aromatic nitrogens is 4. The monoisotopic (exact) mass is 549 g/mol. The average Bonchev–Trinajstić information content (AvgIpc) is 3.36. The van der Waals surface area contributed by atoms with E-state index < -0.39 is 18.0 Å². The molecule has 208 valence electrons. The van der Waals surface area contributed by atoms with E-state index in [1.54, 1.807) is 29.9 Å². The fourth-order valence-electron chi connectivity index (χ4n) is 6.04. The molecule has 10 nitrogen and oxygen atoms in total. The summed E-state index contributed by atoms with van der Waals surface area (Å²) >= 11 is 1.66. The van der Waals surface area contributed by atoms with Gasteiger partial charge in [0.2, 0.25) is 5.82 Å². The maximum absolute atomic E-state index is 16.1. The highest BCUT2D eigenvalue weighted by molar-refractivity contribution is 8.01. The number of alkyl halides is 1. The lowest BCUT2D eigenvalue weighted by atomic mass is 9.95. The van der Waals surface area contributed by atoms with Crippen LogP contribution in [0.5, 0.6) is 6.01 Å². The van der Waals surface area contributed by atoms with Crippen molar-refractivity contribution in [3.05, 3.63) is 23.9 Å². The van der Waals surface area contributed by atoms with E-state index in [0.717, 1.165) is 19.4 Å². The van der Waals surface area contributed by atoms with Crippen LogP contribution >= 0.6 is 11.8 Å². The highest BCUT2D eigenvalue weighted by Gasteiger charge is 2.49. The fourth-order valence-corrected chi connectivity index (χ4v) is 7.40. The fraction of sp³-hybridized carbons (Fsp3) is 0.680. The van der Waals surface area contributed by atoms with Gasteiger partial charge in [-0.25, -0.2) is 9.37 Å². The lowest BCUT2D eigenvalue weighted by Crippen LogP contribution is -2.59. The van der Waals surface area contributed by atoms with Crippen LogP contribution in [0, 0.1) is 5.82 Å². The SMILES string of the molecule is CC(N)SC1(C)CN(c2nc(OC[C@@]34CCCN3C[C@H](F)C4)nc(N(C)C(C)c3nccnc3N)c2F)C1. The molecule has 3 fully saturated rings. The zero-order valence-corrected chi connectivity index (χ0v) is 23.2. The zero-order valence-electron chi connectivity index (χ0n) is 22.4. The van der Waals surface area contributed by atoms with Crippen molar-refractivity contribution in [2.24, 2.45) is 5.73 Å². The minimum atomic E-state index is -0.871. The number of nitrogens with two attached hydrogens (primary N) is 2. The Balaban J connectivity index is 1.44. The van der Waals surface area contributed by atoms with Gasteiger partial charge in [-0.1, -0.05) is 0 Å². The number of fused-ring (bicyclic) bond motifs is 1. The van der Waals surface area contributed by atoms with Gasteiger partial charge in [0, 0.05) is 55.6 Å². The molecule has 4 atom stereocenters. The Labute approximate surface area is 226 Å². The first-order chi connectivity index (χ1) is 18.0. The van der Waals surface area contributed by atoms with Crippen LogP contribution in [0.4, 0.5) is 26.2 Å². The lowest BCUT2D eigenvalue weighted by molar-refractivity contribution is 0.107. The van der Waals surface area contributed by atoms with E-state index in [-0.39, 0.29) is 45.7 Å². The first kappa shape index (κ1) is 27.1. The molecule has 4 N–H and O–H groups in total. The first-order valence-corrected chi connectivity index (χ1v) is 14.0. The number of ether oxygens (including phenoxy) is 1. The van der Waals surface area contributed by atoms with Crippen molar-refractivity contribution in [1.29, 1.82) is 0 Å². The van der Waals surface area contributed by atoms with Crippen LogP contribution in [0.25, 0.3) is 0 Å². The van der Waals surface area contributed by atoms with Gasteiger partial charge in [0.1, 0.15) is 24.3 Å². The van der Waals surface area contributed by atoms with E-state index >= 15 is 4.39 Å². The van der Waals surface area contributed by atoms with Crippen molar-refractivity contribution in [1.82, 2.24) is 24.8 Å². The normalized spacial score (nSPS) is 26.1.